The number of hydrogen-bond donors (Lipinski definition) is 1. The van der Waals surface area contributed by atoms with Crippen molar-refractivity contribution >= 4 is 16.1 Å². The number of benzene rings is 2. The molecule has 0 saturated carbocycles. The number of rotatable bonds is 8. The number of sulfonamides is 1. The molecule has 28 heavy (non-hydrogen) atoms. The zero-order valence-electron chi connectivity index (χ0n) is 16.3. The van der Waals surface area contributed by atoms with Gasteiger partial charge in [-0.3, -0.25) is 4.90 Å². The number of ether oxygens (including phenoxy) is 1. The van der Waals surface area contributed by atoms with Gasteiger partial charge in [-0.1, -0.05) is 48.9 Å². The molecule has 1 heterocycles. The molecule has 1 N–H and O–H groups in total. The number of nitrogens with one attached hydrogen (secondary N) is 1. The molecule has 0 spiro atoms. The van der Waals surface area contributed by atoms with Gasteiger partial charge in [0.25, 0.3) is 0 Å². The van der Waals surface area contributed by atoms with E-state index in [-0.39, 0.29) is 6.04 Å². The summed E-state index contributed by atoms with van der Waals surface area (Å²) in [5.74, 6) is 0.799. The third-order valence-electron chi connectivity index (χ3n) is 5.05. The first-order valence-corrected chi connectivity index (χ1v) is 11.2. The highest BCUT2D eigenvalue weighted by atomic mass is 32.2. The number of nitrogens with zero attached hydrogens (tertiary/aromatic N) is 1. The average Bonchev–Trinajstić information content (AvgIpc) is 2.74. The SMILES string of the molecule is COc1ccc(C(CNS(=O)(=O)/C=C/c2ccccc2)N2CCCCC2)cc1. The zero-order chi connectivity index (χ0) is 19.8. The summed E-state index contributed by atoms with van der Waals surface area (Å²) in [5, 5.41) is 1.24. The van der Waals surface area contributed by atoms with E-state index in [0.29, 0.717) is 6.54 Å². The molecule has 6 heteroatoms. The summed E-state index contributed by atoms with van der Waals surface area (Å²) in [6.07, 6.45) is 5.14. The maximum Gasteiger partial charge on any atom is 0.233 e. The van der Waals surface area contributed by atoms with Gasteiger partial charge in [0.1, 0.15) is 5.75 Å². The molecule has 2 aromatic rings. The Labute approximate surface area is 168 Å². The van der Waals surface area contributed by atoms with Crippen LogP contribution in [0.25, 0.3) is 6.08 Å². The molecule has 2 aromatic carbocycles. The van der Waals surface area contributed by atoms with Crippen molar-refractivity contribution in [2.75, 3.05) is 26.7 Å². The molecule has 1 aliphatic rings. The van der Waals surface area contributed by atoms with Crippen LogP contribution in [0, 0.1) is 0 Å². The quantitative estimate of drug-likeness (QED) is 0.732. The van der Waals surface area contributed by atoms with Gasteiger partial charge < -0.3 is 4.74 Å². The van der Waals surface area contributed by atoms with E-state index in [0.717, 1.165) is 42.8 Å². The van der Waals surface area contributed by atoms with Gasteiger partial charge in [0.15, 0.2) is 0 Å². The van der Waals surface area contributed by atoms with Crippen LogP contribution < -0.4 is 9.46 Å². The van der Waals surface area contributed by atoms with Gasteiger partial charge >= 0.3 is 0 Å². The second-order valence-electron chi connectivity index (χ2n) is 6.99. The van der Waals surface area contributed by atoms with Crippen molar-refractivity contribution in [2.24, 2.45) is 0 Å². The second-order valence-corrected chi connectivity index (χ2v) is 8.64. The number of hydrogen-bond acceptors (Lipinski definition) is 4. The van der Waals surface area contributed by atoms with Crippen molar-refractivity contribution in [2.45, 2.75) is 25.3 Å². The monoisotopic (exact) mass is 400 g/mol. The van der Waals surface area contributed by atoms with Gasteiger partial charge in [-0.05, 0) is 55.3 Å². The lowest BCUT2D eigenvalue weighted by molar-refractivity contribution is 0.165. The lowest BCUT2D eigenvalue weighted by Crippen LogP contribution is -2.40. The van der Waals surface area contributed by atoms with Crippen molar-refractivity contribution in [1.82, 2.24) is 9.62 Å². The summed E-state index contributed by atoms with van der Waals surface area (Å²) < 4.78 is 33.0. The van der Waals surface area contributed by atoms with Crippen LogP contribution in [0.4, 0.5) is 0 Å². The maximum atomic E-state index is 12.5. The summed E-state index contributed by atoms with van der Waals surface area (Å²) in [5.41, 5.74) is 1.95. The van der Waals surface area contributed by atoms with Crippen LogP contribution in [0.5, 0.6) is 5.75 Å². The standard InChI is InChI=1S/C22H28N2O3S/c1-27-21-12-10-20(11-13-21)22(24-15-6-3-7-16-24)18-23-28(25,26)17-14-19-8-4-2-5-9-19/h2,4-5,8-14,17,22-23H,3,6-7,15-16,18H2,1H3/b17-14+. The van der Waals surface area contributed by atoms with Crippen LogP contribution in [0.2, 0.25) is 0 Å². The first-order chi connectivity index (χ1) is 13.6. The highest BCUT2D eigenvalue weighted by Crippen LogP contribution is 2.26. The van der Waals surface area contributed by atoms with E-state index < -0.39 is 10.0 Å². The molecule has 1 atom stereocenters. The van der Waals surface area contributed by atoms with Crippen molar-refractivity contribution in [1.29, 1.82) is 0 Å². The van der Waals surface area contributed by atoms with Crippen molar-refractivity contribution in [3.63, 3.8) is 0 Å². The minimum atomic E-state index is -3.52. The van der Waals surface area contributed by atoms with Gasteiger partial charge in [0, 0.05) is 18.0 Å². The van der Waals surface area contributed by atoms with Crippen LogP contribution >= 0.6 is 0 Å². The molecular formula is C22H28N2O3S. The summed E-state index contributed by atoms with van der Waals surface area (Å²) in [7, 11) is -1.87. The van der Waals surface area contributed by atoms with E-state index in [9.17, 15) is 8.42 Å². The fraction of sp³-hybridized carbons (Fsp3) is 0.364. The molecular weight excluding hydrogens is 372 g/mol. The predicted octanol–water partition coefficient (Wildman–Crippen LogP) is 3.81. The topological polar surface area (TPSA) is 58.6 Å². The van der Waals surface area contributed by atoms with E-state index >= 15 is 0 Å². The molecule has 0 aliphatic carbocycles. The largest absolute Gasteiger partial charge is 0.497 e. The molecule has 0 radical (unpaired) electrons. The fourth-order valence-corrected chi connectivity index (χ4v) is 4.31. The molecule has 1 fully saturated rings. The Morgan fingerprint density at radius 2 is 1.71 bits per heavy atom. The first-order valence-electron chi connectivity index (χ1n) is 9.68. The normalized spacial score (nSPS) is 16.9. The van der Waals surface area contributed by atoms with Gasteiger partial charge in [0.05, 0.1) is 7.11 Å². The molecule has 0 amide bonds. The third kappa shape index (κ3) is 5.92. The molecule has 0 bridgehead atoms. The molecule has 3 rings (SSSR count). The lowest BCUT2D eigenvalue weighted by Gasteiger charge is -2.35. The van der Waals surface area contributed by atoms with Crippen LogP contribution in [-0.2, 0) is 10.0 Å². The highest BCUT2D eigenvalue weighted by Gasteiger charge is 2.23. The van der Waals surface area contributed by atoms with Crippen LogP contribution in [0.3, 0.4) is 0 Å². The average molecular weight is 401 g/mol. The molecule has 5 nitrogen and oxygen atoms in total. The Morgan fingerprint density at radius 1 is 1.04 bits per heavy atom. The molecule has 0 aromatic heterocycles. The van der Waals surface area contributed by atoms with Crippen LogP contribution in [0.1, 0.15) is 36.4 Å². The second kappa shape index (κ2) is 9.87. The highest BCUT2D eigenvalue weighted by molar-refractivity contribution is 7.92. The van der Waals surface area contributed by atoms with E-state index in [1.807, 2.05) is 54.6 Å². The first kappa shape index (κ1) is 20.6. The summed E-state index contributed by atoms with van der Waals surface area (Å²) in [4.78, 5) is 2.37. The van der Waals surface area contributed by atoms with E-state index in [1.54, 1.807) is 13.2 Å². The Morgan fingerprint density at radius 3 is 2.36 bits per heavy atom. The number of methoxy groups -OCH3 is 1. The Balaban J connectivity index is 1.72. The van der Waals surface area contributed by atoms with Gasteiger partial charge in [-0.15, -0.1) is 0 Å². The van der Waals surface area contributed by atoms with Crippen LogP contribution in [-0.4, -0.2) is 40.1 Å². The van der Waals surface area contributed by atoms with Crippen molar-refractivity contribution < 1.29 is 13.2 Å². The summed E-state index contributed by atoms with van der Waals surface area (Å²) in [6, 6.07) is 17.3. The van der Waals surface area contributed by atoms with E-state index in [4.69, 9.17) is 4.74 Å². The summed E-state index contributed by atoms with van der Waals surface area (Å²) in [6.45, 7) is 2.31. The lowest BCUT2D eigenvalue weighted by atomic mass is 10.0. The molecule has 150 valence electrons. The van der Waals surface area contributed by atoms with E-state index in [1.165, 1.54) is 11.8 Å². The van der Waals surface area contributed by atoms with Crippen LogP contribution in [0.15, 0.2) is 60.0 Å². The summed E-state index contributed by atoms with van der Waals surface area (Å²) >= 11 is 0. The van der Waals surface area contributed by atoms with Gasteiger partial charge in [-0.25, -0.2) is 13.1 Å². The maximum absolute atomic E-state index is 12.5. The molecule has 1 unspecified atom stereocenters. The van der Waals surface area contributed by atoms with Crippen molar-refractivity contribution in [3.8, 4) is 5.75 Å². The van der Waals surface area contributed by atoms with Gasteiger partial charge in [-0.2, -0.15) is 0 Å². The number of likely N-dealkylation sites (tertiary alicyclic amines) is 1. The van der Waals surface area contributed by atoms with E-state index in [2.05, 4.69) is 9.62 Å². The predicted molar refractivity (Wildman–Crippen MR) is 114 cm³/mol. The van der Waals surface area contributed by atoms with Crippen molar-refractivity contribution in [3.05, 3.63) is 71.1 Å². The molecule has 1 aliphatic heterocycles. The number of piperidine rings is 1. The fourth-order valence-electron chi connectivity index (χ4n) is 3.49. The minimum Gasteiger partial charge on any atom is -0.497 e. The smallest absolute Gasteiger partial charge is 0.233 e. The molecule has 1 saturated heterocycles. The van der Waals surface area contributed by atoms with Gasteiger partial charge in [0.2, 0.25) is 10.0 Å². The Bertz CT molecular complexity index is 858. The minimum absolute atomic E-state index is 0.00565. The Kier molecular flexibility index (Phi) is 7.25. The zero-order valence-corrected chi connectivity index (χ0v) is 17.1. The third-order valence-corrected chi connectivity index (χ3v) is 6.11. The Hall–Kier alpha value is -2.15.